The van der Waals surface area contributed by atoms with Crippen LogP contribution in [0, 0.1) is 46.6 Å². The molecule has 0 aliphatic heterocycles. The average molecular weight is 661 g/mol. The van der Waals surface area contributed by atoms with Gasteiger partial charge in [0.25, 0.3) is 0 Å². The molecule has 1 atom stereocenters. The van der Waals surface area contributed by atoms with Crippen molar-refractivity contribution in [2.24, 2.45) is 5.92 Å². The Balaban J connectivity index is 1.26. The van der Waals surface area contributed by atoms with E-state index in [1.165, 1.54) is 12.1 Å². The fraction of sp³-hybridized carbons (Fsp3) is 0.486. The van der Waals surface area contributed by atoms with Gasteiger partial charge in [0.05, 0.1) is 0 Å². The highest BCUT2D eigenvalue weighted by atomic mass is 19.4. The second-order valence-corrected chi connectivity index (χ2v) is 12.5. The van der Waals surface area contributed by atoms with Crippen LogP contribution in [0.5, 0.6) is 5.75 Å². The van der Waals surface area contributed by atoms with Crippen LogP contribution >= 0.6 is 0 Å². The minimum Gasteiger partial charge on any atom is -0.403 e. The first kappa shape index (κ1) is 34.1. The number of unbranched alkanes of at least 4 members (excludes halogenated alkanes) is 1. The number of rotatable bonds is 9. The Hall–Kier alpha value is -3.24. The van der Waals surface area contributed by atoms with Crippen LogP contribution in [-0.2, 0) is 25.7 Å². The summed E-state index contributed by atoms with van der Waals surface area (Å²) in [5.41, 5.74) is -0.0129. The van der Waals surface area contributed by atoms with Gasteiger partial charge in [-0.15, -0.1) is 13.2 Å². The SMILES string of the molecule is CCCCc1cc(F)c(CCC2CCc3c(F)c(C4CCC(c5ccc(OC(F)(F)F)c(F)c5F)CC4)c(F)c(F)c3C2)c(F)c1. The van der Waals surface area contributed by atoms with Crippen molar-refractivity contribution < 1.29 is 48.6 Å². The summed E-state index contributed by atoms with van der Waals surface area (Å²) < 4.78 is 146. The van der Waals surface area contributed by atoms with Gasteiger partial charge in [0.15, 0.2) is 23.2 Å². The molecule has 11 heteroatoms. The predicted molar refractivity (Wildman–Crippen MR) is 152 cm³/mol. The van der Waals surface area contributed by atoms with Crippen LogP contribution in [-0.4, -0.2) is 6.36 Å². The lowest BCUT2D eigenvalue weighted by Gasteiger charge is -2.32. The van der Waals surface area contributed by atoms with Crippen LogP contribution < -0.4 is 4.74 Å². The molecule has 0 bridgehead atoms. The molecule has 1 saturated carbocycles. The number of hydrogen-bond donors (Lipinski definition) is 0. The highest BCUT2D eigenvalue weighted by Gasteiger charge is 2.37. The highest BCUT2D eigenvalue weighted by molar-refractivity contribution is 5.41. The van der Waals surface area contributed by atoms with Gasteiger partial charge in [-0.1, -0.05) is 19.4 Å². The highest BCUT2D eigenvalue weighted by Crippen LogP contribution is 2.46. The van der Waals surface area contributed by atoms with E-state index in [2.05, 4.69) is 4.74 Å². The van der Waals surface area contributed by atoms with Crippen molar-refractivity contribution >= 4 is 0 Å². The lowest BCUT2D eigenvalue weighted by Crippen LogP contribution is -2.23. The molecule has 2 aliphatic carbocycles. The molecule has 1 fully saturated rings. The van der Waals surface area contributed by atoms with Crippen LogP contribution in [0.15, 0.2) is 24.3 Å². The van der Waals surface area contributed by atoms with E-state index in [4.69, 9.17) is 0 Å². The van der Waals surface area contributed by atoms with Gasteiger partial charge in [0.1, 0.15) is 17.5 Å². The standard InChI is InChI=1S/C35H34F10O/c1-2-3-4-19-16-26(36)24(27(37)17-19)12-6-18-5-11-23-25(15-18)32(40)34(42)29(30(23)38)21-9-7-20(8-10-21)22-13-14-28(33(41)31(22)39)46-35(43,44)45/h13-14,16-18,20-21H,2-12,15H2,1H3. The molecule has 0 amide bonds. The molecule has 2 aliphatic rings. The summed E-state index contributed by atoms with van der Waals surface area (Å²) in [5, 5.41) is 0. The summed E-state index contributed by atoms with van der Waals surface area (Å²) in [6.45, 7) is 1.98. The Morgan fingerprint density at radius 2 is 1.37 bits per heavy atom. The van der Waals surface area contributed by atoms with Crippen molar-refractivity contribution in [2.75, 3.05) is 0 Å². The van der Waals surface area contributed by atoms with Gasteiger partial charge in [-0.3, -0.25) is 0 Å². The monoisotopic (exact) mass is 660 g/mol. The van der Waals surface area contributed by atoms with E-state index in [1.807, 2.05) is 6.92 Å². The van der Waals surface area contributed by atoms with Gasteiger partial charge >= 0.3 is 6.36 Å². The molecule has 1 unspecified atom stereocenters. The first-order chi connectivity index (χ1) is 21.8. The Bertz CT molecular complexity index is 1550. The molecule has 0 spiro atoms. The average Bonchev–Trinajstić information content (AvgIpc) is 3.01. The van der Waals surface area contributed by atoms with E-state index >= 15 is 13.2 Å². The maximum atomic E-state index is 15.8. The summed E-state index contributed by atoms with van der Waals surface area (Å²) in [6.07, 6.45) is -1.43. The number of ether oxygens (including phenoxy) is 1. The maximum absolute atomic E-state index is 15.8. The Morgan fingerprint density at radius 1 is 0.717 bits per heavy atom. The van der Waals surface area contributed by atoms with Crippen LogP contribution in [0.25, 0.3) is 0 Å². The number of aryl methyl sites for hydroxylation is 1. The molecule has 3 aromatic rings. The van der Waals surface area contributed by atoms with Crippen LogP contribution in [0.3, 0.4) is 0 Å². The third-order valence-electron chi connectivity index (χ3n) is 9.56. The molecule has 46 heavy (non-hydrogen) atoms. The minimum atomic E-state index is -5.20. The van der Waals surface area contributed by atoms with Crippen LogP contribution in [0.2, 0.25) is 0 Å². The lowest BCUT2D eigenvalue weighted by atomic mass is 9.73. The zero-order valence-electron chi connectivity index (χ0n) is 25.2. The fourth-order valence-corrected chi connectivity index (χ4v) is 7.12. The summed E-state index contributed by atoms with van der Waals surface area (Å²) in [7, 11) is 0. The maximum Gasteiger partial charge on any atom is 0.573 e. The molecule has 5 rings (SSSR count). The summed E-state index contributed by atoms with van der Waals surface area (Å²) in [6, 6.07) is 4.37. The van der Waals surface area contributed by atoms with E-state index in [0.717, 1.165) is 18.9 Å². The van der Waals surface area contributed by atoms with E-state index in [9.17, 15) is 30.7 Å². The number of benzene rings is 3. The van der Waals surface area contributed by atoms with E-state index in [-0.39, 0.29) is 78.7 Å². The first-order valence-corrected chi connectivity index (χ1v) is 15.7. The summed E-state index contributed by atoms with van der Waals surface area (Å²) in [5.74, 6) is -10.7. The third-order valence-corrected chi connectivity index (χ3v) is 9.56. The molecule has 3 aromatic carbocycles. The number of alkyl halides is 3. The van der Waals surface area contributed by atoms with Crippen LogP contribution in [0.4, 0.5) is 43.9 Å². The van der Waals surface area contributed by atoms with Crippen molar-refractivity contribution in [3.63, 3.8) is 0 Å². The zero-order chi connectivity index (χ0) is 33.3. The van der Waals surface area contributed by atoms with Crippen LogP contribution in [0.1, 0.15) is 104 Å². The van der Waals surface area contributed by atoms with E-state index < -0.39 is 64.7 Å². The van der Waals surface area contributed by atoms with Crippen molar-refractivity contribution in [1.29, 1.82) is 0 Å². The molecule has 0 radical (unpaired) electrons. The Kier molecular flexibility index (Phi) is 10.3. The summed E-state index contributed by atoms with van der Waals surface area (Å²) in [4.78, 5) is 0. The van der Waals surface area contributed by atoms with Gasteiger partial charge in [-0.2, -0.15) is 4.39 Å². The van der Waals surface area contributed by atoms with Gasteiger partial charge < -0.3 is 4.74 Å². The quantitative estimate of drug-likeness (QED) is 0.164. The minimum absolute atomic E-state index is 0.0265. The topological polar surface area (TPSA) is 9.23 Å². The van der Waals surface area contributed by atoms with Gasteiger partial charge in [0, 0.05) is 11.1 Å². The molecule has 0 aromatic heterocycles. The number of hydrogen-bond acceptors (Lipinski definition) is 1. The Labute approximate surface area is 261 Å². The number of halogens is 10. The van der Waals surface area contributed by atoms with E-state index in [1.54, 1.807) is 0 Å². The second kappa shape index (κ2) is 13.9. The largest absolute Gasteiger partial charge is 0.573 e. The zero-order valence-corrected chi connectivity index (χ0v) is 25.2. The molecule has 0 heterocycles. The van der Waals surface area contributed by atoms with E-state index in [0.29, 0.717) is 30.9 Å². The van der Waals surface area contributed by atoms with Gasteiger partial charge in [-0.25, -0.2) is 26.3 Å². The normalized spacial score (nSPS) is 20.1. The van der Waals surface area contributed by atoms with Crippen molar-refractivity contribution in [2.45, 2.75) is 102 Å². The smallest absolute Gasteiger partial charge is 0.403 e. The second-order valence-electron chi connectivity index (χ2n) is 12.5. The first-order valence-electron chi connectivity index (χ1n) is 15.7. The molecular weight excluding hydrogens is 626 g/mol. The lowest BCUT2D eigenvalue weighted by molar-refractivity contribution is -0.275. The molecule has 0 saturated heterocycles. The fourth-order valence-electron chi connectivity index (χ4n) is 7.12. The summed E-state index contributed by atoms with van der Waals surface area (Å²) >= 11 is 0. The predicted octanol–water partition coefficient (Wildman–Crippen LogP) is 11.1. The van der Waals surface area contributed by atoms with Crippen molar-refractivity contribution in [3.8, 4) is 5.75 Å². The third kappa shape index (κ3) is 7.18. The van der Waals surface area contributed by atoms with Gasteiger partial charge in [-0.05, 0) is 129 Å². The number of fused-ring (bicyclic) bond motifs is 1. The molecule has 0 N–H and O–H groups in total. The van der Waals surface area contributed by atoms with Gasteiger partial charge in [0.2, 0.25) is 5.82 Å². The van der Waals surface area contributed by atoms with Crippen molar-refractivity contribution in [3.05, 3.63) is 98.4 Å². The van der Waals surface area contributed by atoms with Crippen molar-refractivity contribution in [1.82, 2.24) is 0 Å². The Morgan fingerprint density at radius 3 is 2.00 bits per heavy atom. The molecule has 250 valence electrons. The molecular formula is C35H34F10O. The molecule has 1 nitrogen and oxygen atoms in total.